The molecule has 1 fully saturated rings. The van der Waals surface area contributed by atoms with Gasteiger partial charge in [0.05, 0.1) is 6.61 Å². The van der Waals surface area contributed by atoms with Gasteiger partial charge in [0.25, 0.3) is 0 Å². The molecule has 0 aromatic rings. The van der Waals surface area contributed by atoms with E-state index < -0.39 is 5.54 Å². The second-order valence-electron chi connectivity index (χ2n) is 6.09. The van der Waals surface area contributed by atoms with E-state index >= 15 is 0 Å². The lowest BCUT2D eigenvalue weighted by molar-refractivity contribution is -0.151. The van der Waals surface area contributed by atoms with E-state index in [1.54, 1.807) is 0 Å². The maximum atomic E-state index is 12.1. The Kier molecular flexibility index (Phi) is 6.96. The zero-order valence-corrected chi connectivity index (χ0v) is 13.7. The summed E-state index contributed by atoms with van der Waals surface area (Å²) in [6, 6.07) is 0.631. The standard InChI is InChI=1S/C16H32N2O2/c1-5-14(6-2)18(4)12-10-13-9-8-11-16(13,17)15(19)20-7-3/h13-14H,5-12,17H2,1-4H3. The van der Waals surface area contributed by atoms with Crippen molar-refractivity contribution in [3.63, 3.8) is 0 Å². The van der Waals surface area contributed by atoms with Crippen LogP contribution in [-0.4, -0.2) is 42.6 Å². The number of carbonyl (C=O) groups excluding carboxylic acids is 1. The highest BCUT2D eigenvalue weighted by atomic mass is 16.5. The summed E-state index contributed by atoms with van der Waals surface area (Å²) in [7, 11) is 2.18. The number of hydrogen-bond donors (Lipinski definition) is 1. The number of hydrogen-bond acceptors (Lipinski definition) is 4. The van der Waals surface area contributed by atoms with Gasteiger partial charge in [-0.15, -0.1) is 0 Å². The first-order valence-electron chi connectivity index (χ1n) is 8.15. The molecule has 1 rings (SSSR count). The number of carbonyl (C=O) groups is 1. The molecule has 2 unspecified atom stereocenters. The summed E-state index contributed by atoms with van der Waals surface area (Å²) in [5, 5.41) is 0. The van der Waals surface area contributed by atoms with Crippen LogP contribution in [0.3, 0.4) is 0 Å². The molecule has 0 aliphatic heterocycles. The van der Waals surface area contributed by atoms with Crippen molar-refractivity contribution < 1.29 is 9.53 Å². The Bertz CT molecular complexity index is 305. The Balaban J connectivity index is 2.55. The molecule has 4 heteroatoms. The van der Waals surface area contributed by atoms with Crippen LogP contribution >= 0.6 is 0 Å². The van der Waals surface area contributed by atoms with E-state index in [4.69, 9.17) is 10.5 Å². The number of nitrogens with zero attached hydrogens (tertiary/aromatic N) is 1. The molecule has 0 heterocycles. The van der Waals surface area contributed by atoms with Crippen LogP contribution in [-0.2, 0) is 9.53 Å². The average Bonchev–Trinajstić information content (AvgIpc) is 2.81. The minimum atomic E-state index is -0.745. The van der Waals surface area contributed by atoms with E-state index in [9.17, 15) is 4.79 Å². The van der Waals surface area contributed by atoms with Crippen LogP contribution in [0.2, 0.25) is 0 Å². The third-order valence-corrected chi connectivity index (χ3v) is 4.92. The molecule has 0 amide bonds. The van der Waals surface area contributed by atoms with Crippen LogP contribution in [0, 0.1) is 5.92 Å². The lowest BCUT2D eigenvalue weighted by atomic mass is 9.85. The SMILES string of the molecule is CCOC(=O)C1(N)CCCC1CCN(C)C(CC)CC. The molecular formula is C16H32N2O2. The molecule has 0 aromatic heterocycles. The van der Waals surface area contributed by atoms with Crippen molar-refractivity contribution in [3.05, 3.63) is 0 Å². The van der Waals surface area contributed by atoms with Crippen LogP contribution in [0.15, 0.2) is 0 Å². The van der Waals surface area contributed by atoms with Gasteiger partial charge in [0.15, 0.2) is 0 Å². The fourth-order valence-electron chi connectivity index (χ4n) is 3.49. The normalized spacial score (nSPS) is 26.4. The molecular weight excluding hydrogens is 252 g/mol. The fourth-order valence-corrected chi connectivity index (χ4v) is 3.49. The molecule has 0 radical (unpaired) electrons. The Labute approximate surface area is 124 Å². The van der Waals surface area contributed by atoms with Crippen molar-refractivity contribution in [2.24, 2.45) is 11.7 Å². The molecule has 118 valence electrons. The summed E-state index contributed by atoms with van der Waals surface area (Å²) in [6.07, 6.45) is 6.18. The van der Waals surface area contributed by atoms with Crippen LogP contribution in [0.25, 0.3) is 0 Å². The Morgan fingerprint density at radius 1 is 1.40 bits per heavy atom. The summed E-state index contributed by atoms with van der Waals surface area (Å²) in [5.74, 6) is 0.0612. The van der Waals surface area contributed by atoms with E-state index in [0.717, 1.165) is 32.2 Å². The summed E-state index contributed by atoms with van der Waals surface area (Å²) < 4.78 is 5.18. The van der Waals surface area contributed by atoms with Crippen molar-refractivity contribution in [2.75, 3.05) is 20.2 Å². The van der Waals surface area contributed by atoms with Crippen molar-refractivity contribution in [3.8, 4) is 0 Å². The Morgan fingerprint density at radius 2 is 2.05 bits per heavy atom. The van der Waals surface area contributed by atoms with Crippen LogP contribution in [0.1, 0.15) is 59.3 Å². The van der Waals surface area contributed by atoms with Crippen molar-refractivity contribution in [1.82, 2.24) is 4.90 Å². The van der Waals surface area contributed by atoms with Crippen molar-refractivity contribution >= 4 is 5.97 Å². The molecule has 1 saturated carbocycles. The zero-order valence-electron chi connectivity index (χ0n) is 13.7. The predicted molar refractivity (Wildman–Crippen MR) is 82.5 cm³/mol. The van der Waals surface area contributed by atoms with Crippen molar-refractivity contribution in [2.45, 2.75) is 70.9 Å². The second kappa shape index (κ2) is 7.99. The monoisotopic (exact) mass is 284 g/mol. The van der Waals surface area contributed by atoms with Crippen LogP contribution in [0.4, 0.5) is 0 Å². The largest absolute Gasteiger partial charge is 0.465 e. The van der Waals surface area contributed by atoms with E-state index in [1.807, 2.05) is 6.92 Å². The van der Waals surface area contributed by atoms with E-state index in [-0.39, 0.29) is 11.9 Å². The van der Waals surface area contributed by atoms with Gasteiger partial charge in [-0.3, -0.25) is 4.79 Å². The number of ether oxygens (including phenoxy) is 1. The van der Waals surface area contributed by atoms with Gasteiger partial charge in [0.2, 0.25) is 0 Å². The highest BCUT2D eigenvalue weighted by molar-refractivity contribution is 5.81. The third kappa shape index (κ3) is 3.95. The Morgan fingerprint density at radius 3 is 2.60 bits per heavy atom. The summed E-state index contributed by atoms with van der Waals surface area (Å²) in [6.45, 7) is 7.72. The van der Waals surface area contributed by atoms with Gasteiger partial charge in [-0.1, -0.05) is 20.3 Å². The molecule has 0 spiro atoms. The topological polar surface area (TPSA) is 55.6 Å². The van der Waals surface area contributed by atoms with E-state index in [0.29, 0.717) is 12.6 Å². The van der Waals surface area contributed by atoms with Gasteiger partial charge >= 0.3 is 5.97 Å². The summed E-state index contributed by atoms with van der Waals surface area (Å²) >= 11 is 0. The molecule has 20 heavy (non-hydrogen) atoms. The number of esters is 1. The minimum Gasteiger partial charge on any atom is -0.465 e. The molecule has 1 aliphatic rings. The molecule has 0 bridgehead atoms. The van der Waals surface area contributed by atoms with Gasteiger partial charge in [-0.25, -0.2) is 0 Å². The predicted octanol–water partition coefficient (Wildman–Crippen LogP) is 2.56. The first kappa shape index (κ1) is 17.4. The lowest BCUT2D eigenvalue weighted by Gasteiger charge is -2.32. The molecule has 0 saturated heterocycles. The van der Waals surface area contributed by atoms with Gasteiger partial charge in [-0.05, 0) is 58.5 Å². The lowest BCUT2D eigenvalue weighted by Crippen LogP contribution is -2.52. The van der Waals surface area contributed by atoms with Gasteiger partial charge in [0, 0.05) is 6.04 Å². The maximum absolute atomic E-state index is 12.1. The highest BCUT2D eigenvalue weighted by Gasteiger charge is 2.46. The third-order valence-electron chi connectivity index (χ3n) is 4.92. The summed E-state index contributed by atoms with van der Waals surface area (Å²) in [4.78, 5) is 14.5. The minimum absolute atomic E-state index is 0.201. The second-order valence-corrected chi connectivity index (χ2v) is 6.09. The zero-order chi connectivity index (χ0) is 15.2. The van der Waals surface area contributed by atoms with E-state index in [2.05, 4.69) is 25.8 Å². The van der Waals surface area contributed by atoms with Gasteiger partial charge in [-0.2, -0.15) is 0 Å². The smallest absolute Gasteiger partial charge is 0.326 e. The quantitative estimate of drug-likeness (QED) is 0.696. The van der Waals surface area contributed by atoms with Crippen LogP contribution in [0.5, 0.6) is 0 Å². The first-order valence-corrected chi connectivity index (χ1v) is 8.15. The fraction of sp³-hybridized carbons (Fsp3) is 0.938. The highest BCUT2D eigenvalue weighted by Crippen LogP contribution is 2.37. The number of nitrogens with two attached hydrogens (primary N) is 1. The van der Waals surface area contributed by atoms with E-state index in [1.165, 1.54) is 12.8 Å². The number of rotatable bonds is 8. The molecule has 2 atom stereocenters. The maximum Gasteiger partial charge on any atom is 0.326 e. The Hall–Kier alpha value is -0.610. The molecule has 4 nitrogen and oxygen atoms in total. The van der Waals surface area contributed by atoms with Crippen molar-refractivity contribution in [1.29, 1.82) is 0 Å². The van der Waals surface area contributed by atoms with Gasteiger partial charge < -0.3 is 15.4 Å². The van der Waals surface area contributed by atoms with Gasteiger partial charge in [0.1, 0.15) is 5.54 Å². The summed E-state index contributed by atoms with van der Waals surface area (Å²) in [5.41, 5.74) is 5.62. The molecule has 1 aliphatic carbocycles. The van der Waals surface area contributed by atoms with Crippen LogP contribution < -0.4 is 5.73 Å². The first-order chi connectivity index (χ1) is 9.49. The molecule has 2 N–H and O–H groups in total. The molecule has 0 aromatic carbocycles. The average molecular weight is 284 g/mol.